The fourth-order valence-corrected chi connectivity index (χ4v) is 2.67. The molecule has 2 rings (SSSR count). The van der Waals surface area contributed by atoms with Crippen LogP contribution in [0.25, 0.3) is 10.4 Å². The van der Waals surface area contributed by atoms with Gasteiger partial charge in [-0.05, 0) is 17.7 Å². The normalized spacial score (nSPS) is 25.5. The van der Waals surface area contributed by atoms with Gasteiger partial charge < -0.3 is 19.5 Å². The summed E-state index contributed by atoms with van der Waals surface area (Å²) >= 11 is 0. The van der Waals surface area contributed by atoms with Gasteiger partial charge in [0.25, 0.3) is 0 Å². The molecule has 0 saturated carbocycles. The third kappa shape index (κ3) is 5.18. The fraction of sp³-hybridized carbons (Fsp3) is 0.500. The molecule has 1 amide bonds. The molecule has 1 saturated heterocycles. The fourth-order valence-electron chi connectivity index (χ4n) is 2.67. The topological polar surface area (TPSA) is 123 Å². The summed E-state index contributed by atoms with van der Waals surface area (Å²) in [5, 5.41) is 6.25. The van der Waals surface area contributed by atoms with Crippen LogP contribution in [0.4, 0.5) is 0 Å². The summed E-state index contributed by atoms with van der Waals surface area (Å²) in [5.74, 6) is -0.823. The monoisotopic (exact) mass is 348 g/mol. The predicted octanol–water partition coefficient (Wildman–Crippen LogP) is 1.79. The molecule has 1 fully saturated rings. The summed E-state index contributed by atoms with van der Waals surface area (Å²) in [6, 6.07) is 7.95. The second-order valence-electron chi connectivity index (χ2n) is 5.53. The Morgan fingerprint density at radius 1 is 1.40 bits per heavy atom. The minimum atomic E-state index is -0.812. The maximum atomic E-state index is 12.4. The number of ether oxygens (including phenoxy) is 3. The molecule has 0 bridgehead atoms. The molecule has 0 aliphatic carbocycles. The average Bonchev–Trinajstić information content (AvgIpc) is 2.61. The maximum Gasteiger partial charge on any atom is 0.338 e. The maximum absolute atomic E-state index is 12.4. The highest BCUT2D eigenvalue weighted by Crippen LogP contribution is 2.25. The molecule has 1 aliphatic heterocycles. The molecule has 0 spiro atoms. The van der Waals surface area contributed by atoms with E-state index < -0.39 is 30.5 Å². The molecule has 134 valence electrons. The molecular formula is C16H20N4O5. The standard InChI is InChI=1S/C16H20N4O5/c1-10(21)19-12-8-14(23-2)24-13(9-18-20-17)15(12)25-16(22)11-6-4-3-5-7-11/h3-7,12-15H,8-9H2,1-2H3,(H,19,21). The van der Waals surface area contributed by atoms with E-state index in [0.717, 1.165) is 0 Å². The number of nitrogens with zero attached hydrogens (tertiary/aromatic N) is 3. The minimum absolute atomic E-state index is 0.0564. The molecule has 9 heteroatoms. The second-order valence-corrected chi connectivity index (χ2v) is 5.53. The summed E-state index contributed by atoms with van der Waals surface area (Å²) < 4.78 is 16.5. The average molecular weight is 348 g/mol. The van der Waals surface area contributed by atoms with Crippen molar-refractivity contribution in [2.45, 2.75) is 37.9 Å². The molecule has 1 aromatic carbocycles. The Morgan fingerprint density at radius 2 is 2.12 bits per heavy atom. The van der Waals surface area contributed by atoms with Gasteiger partial charge >= 0.3 is 5.97 Å². The van der Waals surface area contributed by atoms with E-state index in [4.69, 9.17) is 19.7 Å². The molecule has 9 nitrogen and oxygen atoms in total. The van der Waals surface area contributed by atoms with Gasteiger partial charge in [0.2, 0.25) is 5.91 Å². The van der Waals surface area contributed by atoms with Crippen LogP contribution in [0.1, 0.15) is 23.7 Å². The zero-order chi connectivity index (χ0) is 18.2. The van der Waals surface area contributed by atoms with Crippen LogP contribution in [0.2, 0.25) is 0 Å². The Bertz CT molecular complexity index is 633. The number of amides is 1. The first-order chi connectivity index (χ1) is 12.0. The van der Waals surface area contributed by atoms with Crippen molar-refractivity contribution in [3.8, 4) is 0 Å². The van der Waals surface area contributed by atoms with Gasteiger partial charge in [0.05, 0.1) is 18.2 Å². The van der Waals surface area contributed by atoms with Gasteiger partial charge in [-0.15, -0.1) is 0 Å². The van der Waals surface area contributed by atoms with E-state index >= 15 is 0 Å². The number of carbonyl (C=O) groups excluding carboxylic acids is 2. The quantitative estimate of drug-likeness (QED) is 0.363. The molecular weight excluding hydrogens is 328 g/mol. The Labute approximate surface area is 144 Å². The van der Waals surface area contributed by atoms with E-state index in [1.54, 1.807) is 30.3 Å². The Hall–Kier alpha value is -2.61. The number of methoxy groups -OCH3 is 1. The molecule has 1 heterocycles. The second kappa shape index (κ2) is 9.03. The number of carbonyl (C=O) groups is 2. The van der Waals surface area contributed by atoms with Gasteiger partial charge in [-0.3, -0.25) is 4.79 Å². The zero-order valence-electron chi connectivity index (χ0n) is 14.0. The molecule has 4 unspecified atom stereocenters. The van der Waals surface area contributed by atoms with Gasteiger partial charge in [0, 0.05) is 25.4 Å². The Balaban J connectivity index is 2.22. The van der Waals surface area contributed by atoms with E-state index in [1.165, 1.54) is 14.0 Å². The number of hydrogen-bond donors (Lipinski definition) is 1. The van der Waals surface area contributed by atoms with Crippen LogP contribution in [-0.2, 0) is 19.0 Å². The summed E-state index contributed by atoms with van der Waals surface area (Å²) in [7, 11) is 1.47. The minimum Gasteiger partial charge on any atom is -0.454 e. The molecule has 0 aromatic heterocycles. The van der Waals surface area contributed by atoms with Crippen LogP contribution in [0, 0.1) is 0 Å². The number of nitrogens with one attached hydrogen (secondary N) is 1. The number of hydrogen-bond acceptors (Lipinski definition) is 6. The van der Waals surface area contributed by atoms with Crippen LogP contribution < -0.4 is 5.32 Å². The third-order valence-corrected chi connectivity index (χ3v) is 3.76. The summed E-state index contributed by atoms with van der Waals surface area (Å²) in [6.07, 6.45) is -1.86. The van der Waals surface area contributed by atoms with Crippen molar-refractivity contribution in [3.63, 3.8) is 0 Å². The lowest BCUT2D eigenvalue weighted by atomic mass is 9.98. The van der Waals surface area contributed by atoms with Crippen LogP contribution >= 0.6 is 0 Å². The van der Waals surface area contributed by atoms with Crippen molar-refractivity contribution in [3.05, 3.63) is 46.3 Å². The molecule has 4 atom stereocenters. The largest absolute Gasteiger partial charge is 0.454 e. The molecule has 1 aromatic rings. The number of esters is 1. The van der Waals surface area contributed by atoms with E-state index in [0.29, 0.717) is 12.0 Å². The van der Waals surface area contributed by atoms with Crippen molar-refractivity contribution >= 4 is 11.9 Å². The van der Waals surface area contributed by atoms with Crippen LogP contribution in [0.5, 0.6) is 0 Å². The van der Waals surface area contributed by atoms with Gasteiger partial charge in [-0.1, -0.05) is 23.3 Å². The van der Waals surface area contributed by atoms with Gasteiger partial charge in [0.1, 0.15) is 12.2 Å². The number of azide groups is 1. The molecule has 1 aliphatic rings. The van der Waals surface area contributed by atoms with E-state index in [1.807, 2.05) is 0 Å². The summed E-state index contributed by atoms with van der Waals surface area (Å²) in [5.41, 5.74) is 8.95. The predicted molar refractivity (Wildman–Crippen MR) is 87.6 cm³/mol. The third-order valence-electron chi connectivity index (χ3n) is 3.76. The first kappa shape index (κ1) is 18.7. The Morgan fingerprint density at radius 3 is 2.72 bits per heavy atom. The smallest absolute Gasteiger partial charge is 0.338 e. The summed E-state index contributed by atoms with van der Waals surface area (Å²) in [4.78, 5) is 26.6. The van der Waals surface area contributed by atoms with Gasteiger partial charge in [-0.25, -0.2) is 4.79 Å². The SMILES string of the molecule is COC1CC(NC(C)=O)C(OC(=O)c2ccccc2)C(CN=[N+]=[N-])O1. The number of rotatable bonds is 6. The van der Waals surface area contributed by atoms with Crippen LogP contribution in [0.3, 0.4) is 0 Å². The lowest BCUT2D eigenvalue weighted by Gasteiger charge is -2.40. The van der Waals surface area contributed by atoms with Gasteiger partial charge in [-0.2, -0.15) is 0 Å². The van der Waals surface area contributed by atoms with Crippen molar-refractivity contribution in [2.75, 3.05) is 13.7 Å². The lowest BCUT2D eigenvalue weighted by Crippen LogP contribution is -2.58. The Kier molecular flexibility index (Phi) is 6.76. The lowest BCUT2D eigenvalue weighted by molar-refractivity contribution is -0.217. The first-order valence-electron chi connectivity index (χ1n) is 7.77. The summed E-state index contributed by atoms with van der Waals surface area (Å²) in [6.45, 7) is 1.31. The van der Waals surface area contributed by atoms with Crippen LogP contribution in [-0.4, -0.2) is 50.1 Å². The van der Waals surface area contributed by atoms with Crippen molar-refractivity contribution < 1.29 is 23.8 Å². The van der Waals surface area contributed by atoms with Crippen molar-refractivity contribution in [1.29, 1.82) is 0 Å². The molecule has 0 radical (unpaired) electrons. The van der Waals surface area contributed by atoms with E-state index in [-0.39, 0.29) is 12.5 Å². The van der Waals surface area contributed by atoms with Crippen molar-refractivity contribution in [1.82, 2.24) is 5.32 Å². The van der Waals surface area contributed by atoms with Crippen molar-refractivity contribution in [2.24, 2.45) is 5.11 Å². The highest BCUT2D eigenvalue weighted by Gasteiger charge is 2.41. The highest BCUT2D eigenvalue weighted by molar-refractivity contribution is 5.89. The highest BCUT2D eigenvalue weighted by atomic mass is 16.7. The zero-order valence-corrected chi connectivity index (χ0v) is 14.0. The molecule has 1 N–H and O–H groups in total. The van der Waals surface area contributed by atoms with E-state index in [2.05, 4.69) is 15.3 Å². The molecule has 25 heavy (non-hydrogen) atoms. The van der Waals surface area contributed by atoms with E-state index in [9.17, 15) is 9.59 Å². The van der Waals surface area contributed by atoms with Gasteiger partial charge in [0.15, 0.2) is 6.29 Å². The first-order valence-corrected chi connectivity index (χ1v) is 7.77. The number of benzene rings is 1. The van der Waals surface area contributed by atoms with Crippen LogP contribution in [0.15, 0.2) is 35.4 Å².